The van der Waals surface area contributed by atoms with Gasteiger partial charge in [-0.2, -0.15) is 0 Å². The molecule has 0 aromatic heterocycles. The Balaban J connectivity index is 1.78. The van der Waals surface area contributed by atoms with E-state index in [1.165, 1.54) is 4.90 Å². The maximum absolute atomic E-state index is 13.1. The Kier molecular flexibility index (Phi) is 3.99. The van der Waals surface area contributed by atoms with Gasteiger partial charge in [0.2, 0.25) is 5.91 Å². The first kappa shape index (κ1) is 12.8. The van der Waals surface area contributed by atoms with Gasteiger partial charge in [-0.05, 0) is 31.8 Å². The molecular weight excluding hydrogens is 223 g/mol. The van der Waals surface area contributed by atoms with E-state index < -0.39 is 12.3 Å². The summed E-state index contributed by atoms with van der Waals surface area (Å²) in [6, 6.07) is 0. The largest absolute Gasteiger partial charge is 0.388 e. The Labute approximate surface area is 101 Å². The van der Waals surface area contributed by atoms with Gasteiger partial charge < -0.3 is 10.0 Å². The Morgan fingerprint density at radius 3 is 2.53 bits per heavy atom. The first-order valence-electron chi connectivity index (χ1n) is 6.38. The fourth-order valence-corrected chi connectivity index (χ4v) is 2.46. The number of aliphatic hydroxyl groups is 1. The molecule has 2 atom stereocenters. The summed E-state index contributed by atoms with van der Waals surface area (Å²) in [5.41, 5.74) is 0. The molecule has 5 heteroatoms. The second-order valence-electron chi connectivity index (χ2n) is 5.34. The lowest BCUT2D eigenvalue weighted by Gasteiger charge is -2.30. The minimum Gasteiger partial charge on any atom is -0.388 e. The van der Waals surface area contributed by atoms with Crippen LogP contribution in [-0.4, -0.2) is 65.8 Å². The van der Waals surface area contributed by atoms with E-state index in [4.69, 9.17) is 0 Å². The van der Waals surface area contributed by atoms with Crippen molar-refractivity contribution >= 4 is 5.91 Å². The van der Waals surface area contributed by atoms with Gasteiger partial charge >= 0.3 is 0 Å². The van der Waals surface area contributed by atoms with Crippen LogP contribution in [-0.2, 0) is 4.79 Å². The van der Waals surface area contributed by atoms with Crippen LogP contribution in [0.15, 0.2) is 0 Å². The van der Waals surface area contributed by atoms with Crippen molar-refractivity contribution in [1.29, 1.82) is 0 Å². The number of rotatable bonds is 2. The summed E-state index contributed by atoms with van der Waals surface area (Å²) >= 11 is 0. The highest BCUT2D eigenvalue weighted by Crippen LogP contribution is 2.17. The minimum atomic E-state index is -1.28. The van der Waals surface area contributed by atoms with Crippen molar-refractivity contribution in [2.45, 2.75) is 32.0 Å². The van der Waals surface area contributed by atoms with Crippen LogP contribution >= 0.6 is 0 Å². The van der Waals surface area contributed by atoms with Crippen molar-refractivity contribution in [2.24, 2.45) is 5.92 Å². The third kappa shape index (κ3) is 3.16. The smallest absolute Gasteiger partial charge is 0.236 e. The van der Waals surface area contributed by atoms with E-state index in [0.717, 1.165) is 31.8 Å². The number of nitrogens with zero attached hydrogens (tertiary/aromatic N) is 2. The van der Waals surface area contributed by atoms with Crippen molar-refractivity contribution in [1.82, 2.24) is 9.80 Å². The van der Waals surface area contributed by atoms with Crippen LogP contribution in [0.4, 0.5) is 4.39 Å². The molecule has 2 heterocycles. The van der Waals surface area contributed by atoms with Crippen molar-refractivity contribution in [3.05, 3.63) is 0 Å². The molecule has 0 radical (unpaired) electrons. The lowest BCUT2D eigenvalue weighted by atomic mass is 9.99. The molecule has 0 saturated carbocycles. The highest BCUT2D eigenvalue weighted by atomic mass is 19.1. The predicted molar refractivity (Wildman–Crippen MR) is 62.3 cm³/mol. The minimum absolute atomic E-state index is 0.0459. The number of likely N-dealkylation sites (tertiary alicyclic amines) is 2. The summed E-state index contributed by atoms with van der Waals surface area (Å²) in [6.45, 7) is 4.68. The quantitative estimate of drug-likeness (QED) is 0.758. The normalized spacial score (nSPS) is 32.1. The second-order valence-corrected chi connectivity index (χ2v) is 5.34. The Bertz CT molecular complexity index is 270. The first-order valence-corrected chi connectivity index (χ1v) is 6.38. The summed E-state index contributed by atoms with van der Waals surface area (Å²) in [5.74, 6) is 0.684. The maximum Gasteiger partial charge on any atom is 0.236 e. The lowest BCUT2D eigenvalue weighted by molar-refractivity contribution is -0.132. The van der Waals surface area contributed by atoms with E-state index in [-0.39, 0.29) is 19.0 Å². The summed E-state index contributed by atoms with van der Waals surface area (Å²) in [5, 5.41) is 9.28. The molecule has 2 aliphatic heterocycles. The molecule has 0 unspecified atom stereocenters. The topological polar surface area (TPSA) is 43.8 Å². The molecule has 0 aromatic carbocycles. The van der Waals surface area contributed by atoms with Crippen LogP contribution in [0.2, 0.25) is 0 Å². The van der Waals surface area contributed by atoms with Gasteiger partial charge in [0, 0.05) is 6.54 Å². The molecule has 0 bridgehead atoms. The Morgan fingerprint density at radius 1 is 1.35 bits per heavy atom. The van der Waals surface area contributed by atoms with Gasteiger partial charge in [-0.25, -0.2) is 4.39 Å². The van der Waals surface area contributed by atoms with Gasteiger partial charge in [-0.15, -0.1) is 0 Å². The molecule has 98 valence electrons. The maximum atomic E-state index is 13.1. The molecule has 17 heavy (non-hydrogen) atoms. The van der Waals surface area contributed by atoms with Gasteiger partial charge in [0.05, 0.1) is 13.1 Å². The van der Waals surface area contributed by atoms with E-state index >= 15 is 0 Å². The summed E-state index contributed by atoms with van der Waals surface area (Å²) in [6.07, 6.45) is -0.0239. The van der Waals surface area contributed by atoms with Crippen LogP contribution in [0, 0.1) is 5.92 Å². The van der Waals surface area contributed by atoms with Gasteiger partial charge in [0.25, 0.3) is 0 Å². The molecule has 1 amide bonds. The molecule has 2 aliphatic rings. The second kappa shape index (κ2) is 5.31. The summed E-state index contributed by atoms with van der Waals surface area (Å²) in [4.78, 5) is 15.5. The van der Waals surface area contributed by atoms with Crippen molar-refractivity contribution in [3.63, 3.8) is 0 Å². The fourth-order valence-electron chi connectivity index (χ4n) is 2.46. The number of aliphatic hydroxyl groups excluding tert-OH is 1. The van der Waals surface area contributed by atoms with Gasteiger partial charge in [0.15, 0.2) is 0 Å². The molecule has 2 fully saturated rings. The van der Waals surface area contributed by atoms with Crippen LogP contribution in [0.3, 0.4) is 0 Å². The number of carbonyl (C=O) groups is 1. The Morgan fingerprint density at radius 2 is 2.00 bits per heavy atom. The standard InChI is InChI=1S/C12H21FN2O2/c1-9-2-4-14(5-3-9)8-12(17)15-6-10(13)11(16)7-15/h9-11,16H,2-8H2,1H3/t10-,11-/m1/s1. The molecule has 0 aliphatic carbocycles. The summed E-state index contributed by atoms with van der Waals surface area (Å²) < 4.78 is 13.1. The van der Waals surface area contributed by atoms with E-state index in [2.05, 4.69) is 11.8 Å². The zero-order valence-electron chi connectivity index (χ0n) is 10.3. The average molecular weight is 244 g/mol. The summed E-state index contributed by atoms with van der Waals surface area (Å²) in [7, 11) is 0. The number of hydrogen-bond donors (Lipinski definition) is 1. The number of carbonyl (C=O) groups excluding carboxylic acids is 1. The lowest BCUT2D eigenvalue weighted by Crippen LogP contribution is -2.42. The molecule has 0 spiro atoms. The fraction of sp³-hybridized carbons (Fsp3) is 0.917. The van der Waals surface area contributed by atoms with Crippen LogP contribution < -0.4 is 0 Å². The highest BCUT2D eigenvalue weighted by molar-refractivity contribution is 5.78. The zero-order valence-corrected chi connectivity index (χ0v) is 10.3. The number of amides is 1. The van der Waals surface area contributed by atoms with Gasteiger partial charge in [-0.1, -0.05) is 6.92 Å². The number of alkyl halides is 1. The molecule has 2 saturated heterocycles. The van der Waals surface area contributed by atoms with Crippen LogP contribution in [0.25, 0.3) is 0 Å². The third-order valence-corrected chi connectivity index (χ3v) is 3.81. The van der Waals surface area contributed by atoms with Crippen LogP contribution in [0.1, 0.15) is 19.8 Å². The van der Waals surface area contributed by atoms with E-state index in [1.807, 2.05) is 0 Å². The zero-order chi connectivity index (χ0) is 12.4. The van der Waals surface area contributed by atoms with E-state index in [0.29, 0.717) is 6.54 Å². The van der Waals surface area contributed by atoms with Crippen molar-refractivity contribution in [3.8, 4) is 0 Å². The molecule has 2 rings (SSSR count). The van der Waals surface area contributed by atoms with Gasteiger partial charge in [0.1, 0.15) is 12.3 Å². The first-order chi connectivity index (χ1) is 8.06. The molecule has 4 nitrogen and oxygen atoms in total. The number of β-amino-alcohol motifs (C(OH)–C–C–N with tert-alkyl or cyclic N) is 1. The van der Waals surface area contributed by atoms with E-state index in [9.17, 15) is 14.3 Å². The van der Waals surface area contributed by atoms with Gasteiger partial charge in [-0.3, -0.25) is 9.69 Å². The average Bonchev–Trinajstić information content (AvgIpc) is 2.63. The highest BCUT2D eigenvalue weighted by Gasteiger charge is 2.34. The van der Waals surface area contributed by atoms with Crippen LogP contribution in [0.5, 0.6) is 0 Å². The number of halogens is 1. The molecule has 1 N–H and O–H groups in total. The number of piperidine rings is 1. The molecular formula is C12H21FN2O2. The monoisotopic (exact) mass is 244 g/mol. The van der Waals surface area contributed by atoms with Crippen molar-refractivity contribution < 1.29 is 14.3 Å². The molecule has 0 aromatic rings. The number of hydrogen-bond acceptors (Lipinski definition) is 3. The third-order valence-electron chi connectivity index (χ3n) is 3.81. The van der Waals surface area contributed by atoms with E-state index in [1.54, 1.807) is 0 Å². The predicted octanol–water partition coefficient (Wildman–Crippen LogP) is 0.259. The Hall–Kier alpha value is -0.680. The SMILES string of the molecule is CC1CCN(CC(=O)N2C[C@@H](O)[C@H](F)C2)CC1. The van der Waals surface area contributed by atoms with Crippen molar-refractivity contribution in [2.75, 3.05) is 32.7 Å².